The Kier molecular flexibility index (Phi) is 12.2. The topological polar surface area (TPSA) is 72.5 Å². The lowest BCUT2D eigenvalue weighted by Gasteiger charge is -2.26. The molecule has 0 N–H and O–H groups in total. The lowest BCUT2D eigenvalue weighted by molar-refractivity contribution is 0.507. The SMILES string of the molecule is CC.N#COc1ccc(-c2ccc(N(c3ccccc3)c3ccc(-c4ccc(N(c5ccccc5)c5ccc(-c6ccc(OC#N)cc6)cc5)cc4)cc3)cc2)cc1. The quantitative estimate of drug-likeness (QED) is 0.123. The average molecular weight is 753 g/mol. The van der Waals surface area contributed by atoms with E-state index >= 15 is 0 Å². The van der Waals surface area contributed by atoms with Crippen LogP contribution in [0.25, 0.3) is 33.4 Å². The van der Waals surface area contributed by atoms with Crippen molar-refractivity contribution in [3.63, 3.8) is 0 Å². The number of para-hydroxylation sites is 2. The molecule has 0 aromatic heterocycles. The summed E-state index contributed by atoms with van der Waals surface area (Å²) in [5, 5.41) is 17.6. The zero-order valence-electron chi connectivity index (χ0n) is 32.2. The van der Waals surface area contributed by atoms with Crippen LogP contribution in [-0.4, -0.2) is 0 Å². The molecule has 6 heteroatoms. The molecule has 0 atom stereocenters. The predicted molar refractivity (Wildman–Crippen MR) is 236 cm³/mol. The number of nitriles is 2. The fourth-order valence-electron chi connectivity index (χ4n) is 6.80. The molecule has 0 fully saturated rings. The van der Waals surface area contributed by atoms with Crippen molar-refractivity contribution in [1.29, 1.82) is 10.5 Å². The minimum Gasteiger partial charge on any atom is -0.388 e. The van der Waals surface area contributed by atoms with E-state index in [4.69, 9.17) is 20.0 Å². The molecule has 0 aliphatic carbocycles. The Bertz CT molecular complexity index is 2410. The van der Waals surface area contributed by atoms with Gasteiger partial charge in [0.15, 0.2) is 0 Å². The minimum absolute atomic E-state index is 0.521. The molecule has 58 heavy (non-hydrogen) atoms. The van der Waals surface area contributed by atoms with Gasteiger partial charge in [0, 0.05) is 34.1 Å². The van der Waals surface area contributed by atoms with Gasteiger partial charge < -0.3 is 19.3 Å². The highest BCUT2D eigenvalue weighted by Gasteiger charge is 2.15. The van der Waals surface area contributed by atoms with E-state index in [1.54, 1.807) is 36.8 Å². The summed E-state index contributed by atoms with van der Waals surface area (Å²) in [5.74, 6) is 1.04. The number of anilines is 6. The van der Waals surface area contributed by atoms with Gasteiger partial charge in [0.05, 0.1) is 0 Å². The molecule has 0 amide bonds. The van der Waals surface area contributed by atoms with E-state index in [0.29, 0.717) is 11.5 Å². The first kappa shape index (κ1) is 38.2. The Morgan fingerprint density at radius 3 is 0.724 bits per heavy atom. The average Bonchev–Trinajstić information content (AvgIpc) is 3.30. The molecule has 0 spiro atoms. The summed E-state index contributed by atoms with van der Waals surface area (Å²) in [7, 11) is 0. The lowest BCUT2D eigenvalue weighted by Crippen LogP contribution is -2.10. The normalized spacial score (nSPS) is 10.2. The van der Waals surface area contributed by atoms with Gasteiger partial charge in [-0.05, 0) is 130 Å². The Morgan fingerprint density at radius 1 is 0.293 bits per heavy atom. The molecular weight excluding hydrogens is 713 g/mol. The summed E-state index contributed by atoms with van der Waals surface area (Å²) in [6, 6.07) is 70.1. The number of hydrogen-bond donors (Lipinski definition) is 0. The van der Waals surface area contributed by atoms with E-state index in [1.165, 1.54) is 0 Å². The Balaban J connectivity index is 0.00000252. The van der Waals surface area contributed by atoms with Crippen LogP contribution in [0, 0.1) is 23.0 Å². The summed E-state index contributed by atoms with van der Waals surface area (Å²) in [5.41, 5.74) is 12.8. The van der Waals surface area contributed by atoms with Crippen LogP contribution in [0.15, 0.2) is 206 Å². The largest absolute Gasteiger partial charge is 0.388 e. The number of benzene rings is 8. The van der Waals surface area contributed by atoms with Crippen LogP contribution >= 0.6 is 0 Å². The molecule has 6 nitrogen and oxygen atoms in total. The van der Waals surface area contributed by atoms with Crippen molar-refractivity contribution in [1.82, 2.24) is 0 Å². The smallest absolute Gasteiger partial charge is 0.292 e. The third kappa shape index (κ3) is 8.74. The lowest BCUT2D eigenvalue weighted by atomic mass is 10.0. The second-order valence-electron chi connectivity index (χ2n) is 13.0. The first-order valence-electron chi connectivity index (χ1n) is 19.1. The second-order valence-corrected chi connectivity index (χ2v) is 13.0. The van der Waals surface area contributed by atoms with Crippen LogP contribution in [-0.2, 0) is 0 Å². The predicted octanol–water partition coefficient (Wildman–Crippen LogP) is 14.4. The van der Waals surface area contributed by atoms with Crippen molar-refractivity contribution in [2.24, 2.45) is 0 Å². The molecule has 8 rings (SSSR count). The van der Waals surface area contributed by atoms with Crippen molar-refractivity contribution in [3.05, 3.63) is 206 Å². The van der Waals surface area contributed by atoms with Gasteiger partial charge >= 0.3 is 0 Å². The summed E-state index contributed by atoms with van der Waals surface area (Å²) < 4.78 is 9.88. The maximum absolute atomic E-state index is 8.81. The van der Waals surface area contributed by atoms with E-state index < -0.39 is 0 Å². The molecule has 8 aromatic carbocycles. The van der Waals surface area contributed by atoms with E-state index in [9.17, 15) is 0 Å². The van der Waals surface area contributed by atoms with E-state index in [2.05, 4.69) is 155 Å². The van der Waals surface area contributed by atoms with Crippen molar-refractivity contribution in [3.8, 4) is 57.4 Å². The van der Waals surface area contributed by atoms with Crippen molar-refractivity contribution in [2.45, 2.75) is 13.8 Å². The Hall–Kier alpha value is -8.06. The van der Waals surface area contributed by atoms with Gasteiger partial charge in [-0.3, -0.25) is 0 Å². The number of hydrogen-bond acceptors (Lipinski definition) is 6. The molecule has 0 aliphatic rings. The maximum Gasteiger partial charge on any atom is 0.292 e. The van der Waals surface area contributed by atoms with Gasteiger partial charge in [-0.1, -0.05) is 123 Å². The van der Waals surface area contributed by atoms with Crippen LogP contribution in [0.3, 0.4) is 0 Å². The third-order valence-corrected chi connectivity index (χ3v) is 9.57. The molecule has 280 valence electrons. The molecule has 0 heterocycles. The van der Waals surface area contributed by atoms with Crippen LogP contribution in [0.5, 0.6) is 11.5 Å². The Morgan fingerprint density at radius 2 is 0.500 bits per heavy atom. The van der Waals surface area contributed by atoms with Crippen molar-refractivity contribution < 1.29 is 9.47 Å². The molecule has 0 saturated heterocycles. The van der Waals surface area contributed by atoms with Crippen LogP contribution in [0.1, 0.15) is 13.8 Å². The fourth-order valence-corrected chi connectivity index (χ4v) is 6.80. The highest BCUT2D eigenvalue weighted by atomic mass is 16.5. The van der Waals surface area contributed by atoms with Crippen LogP contribution < -0.4 is 19.3 Å². The summed E-state index contributed by atoms with van der Waals surface area (Å²) in [6.45, 7) is 4.00. The minimum atomic E-state index is 0.521. The monoisotopic (exact) mass is 752 g/mol. The highest BCUT2D eigenvalue weighted by Crippen LogP contribution is 2.39. The van der Waals surface area contributed by atoms with Gasteiger partial charge in [-0.25, -0.2) is 0 Å². The van der Waals surface area contributed by atoms with Gasteiger partial charge in [0.1, 0.15) is 11.5 Å². The Labute approximate surface area is 340 Å². The number of ether oxygens (including phenoxy) is 2. The summed E-state index contributed by atoms with van der Waals surface area (Å²) in [4.78, 5) is 4.50. The van der Waals surface area contributed by atoms with Crippen molar-refractivity contribution in [2.75, 3.05) is 9.80 Å². The van der Waals surface area contributed by atoms with Crippen LogP contribution in [0.4, 0.5) is 34.1 Å². The summed E-state index contributed by atoms with van der Waals surface area (Å²) >= 11 is 0. The van der Waals surface area contributed by atoms with Gasteiger partial charge in [-0.2, -0.15) is 0 Å². The van der Waals surface area contributed by atoms with E-state index in [1.807, 2.05) is 50.2 Å². The number of nitrogens with zero attached hydrogens (tertiary/aromatic N) is 4. The first-order chi connectivity index (χ1) is 28.7. The molecule has 0 saturated carbocycles. The standard InChI is InChI=1S/C50H34N4O2.C2H6/c51-35-55-49-31-19-41(20-32-49)39-15-27-47(28-16-39)53(43-7-3-1-4-8-43)45-23-11-37(12-24-45)38-13-25-46(26-14-38)54(44-9-5-2-6-10-44)48-29-17-40(18-30-48)42-21-33-50(34-22-42)56-36-52;1-2/h1-34H;1-2H3. The van der Waals surface area contributed by atoms with E-state index in [0.717, 1.165) is 67.5 Å². The van der Waals surface area contributed by atoms with Crippen LogP contribution in [0.2, 0.25) is 0 Å². The maximum atomic E-state index is 8.81. The molecule has 0 aliphatic heterocycles. The van der Waals surface area contributed by atoms with Gasteiger partial charge in [0.2, 0.25) is 0 Å². The third-order valence-electron chi connectivity index (χ3n) is 9.57. The van der Waals surface area contributed by atoms with Crippen molar-refractivity contribution >= 4 is 34.1 Å². The summed E-state index contributed by atoms with van der Waals surface area (Å²) in [6.07, 6.45) is 3.44. The molecule has 8 aromatic rings. The second kappa shape index (κ2) is 18.5. The van der Waals surface area contributed by atoms with Gasteiger partial charge in [-0.15, -0.1) is 10.5 Å². The zero-order chi connectivity index (χ0) is 40.1. The molecule has 0 bridgehead atoms. The fraction of sp³-hybridized carbons (Fsp3) is 0.0385. The zero-order valence-corrected chi connectivity index (χ0v) is 32.2. The van der Waals surface area contributed by atoms with E-state index in [-0.39, 0.29) is 0 Å². The van der Waals surface area contributed by atoms with Gasteiger partial charge in [0.25, 0.3) is 12.5 Å². The molecule has 0 unspecified atom stereocenters. The number of rotatable bonds is 11. The first-order valence-corrected chi connectivity index (χ1v) is 19.1. The molecular formula is C52H40N4O2. The highest BCUT2D eigenvalue weighted by molar-refractivity contribution is 5.82. The molecule has 0 radical (unpaired) electrons.